The molecule has 1 aromatic heterocycles. The van der Waals surface area contributed by atoms with Crippen molar-refractivity contribution in [1.29, 1.82) is 0 Å². The van der Waals surface area contributed by atoms with Crippen LogP contribution in [0, 0.1) is 0 Å². The van der Waals surface area contributed by atoms with Gasteiger partial charge >= 0.3 is 0 Å². The van der Waals surface area contributed by atoms with Crippen molar-refractivity contribution in [2.75, 3.05) is 7.11 Å². The lowest BCUT2D eigenvalue weighted by atomic mass is 10.1. The van der Waals surface area contributed by atoms with E-state index in [2.05, 4.69) is 18.8 Å². The van der Waals surface area contributed by atoms with Crippen LogP contribution in [0.25, 0.3) is 0 Å². The van der Waals surface area contributed by atoms with Crippen molar-refractivity contribution in [2.24, 2.45) is 0 Å². The Morgan fingerprint density at radius 1 is 1.11 bits per heavy atom. The lowest BCUT2D eigenvalue weighted by molar-refractivity contribution is 0.363. The first-order valence-corrected chi connectivity index (χ1v) is 5.97. The zero-order chi connectivity index (χ0) is 13.0. The highest BCUT2D eigenvalue weighted by atomic mass is 16.5. The fourth-order valence-electron chi connectivity index (χ4n) is 1.60. The molecule has 3 heteroatoms. The van der Waals surface area contributed by atoms with Crippen LogP contribution in [0.2, 0.25) is 0 Å². The summed E-state index contributed by atoms with van der Waals surface area (Å²) in [7, 11) is 1.59. The lowest BCUT2D eigenvalue weighted by Crippen LogP contribution is -1.96. The fourth-order valence-corrected chi connectivity index (χ4v) is 1.60. The topological polar surface area (TPSA) is 31.4 Å². The molecule has 0 amide bonds. The predicted molar refractivity (Wildman–Crippen MR) is 71.4 cm³/mol. The number of para-hydroxylation sites is 1. The Bertz CT molecular complexity index is 509. The summed E-state index contributed by atoms with van der Waals surface area (Å²) in [6.07, 6.45) is 1.82. The van der Waals surface area contributed by atoms with Gasteiger partial charge in [-0.2, -0.15) is 0 Å². The van der Waals surface area contributed by atoms with E-state index >= 15 is 0 Å². The number of benzene rings is 1. The van der Waals surface area contributed by atoms with Crippen LogP contribution in [0.15, 0.2) is 42.6 Å². The zero-order valence-electron chi connectivity index (χ0n) is 10.9. The van der Waals surface area contributed by atoms with Gasteiger partial charge in [0.15, 0.2) is 5.75 Å². The monoisotopic (exact) mass is 243 g/mol. The van der Waals surface area contributed by atoms with Gasteiger partial charge in [0.25, 0.3) is 5.88 Å². The van der Waals surface area contributed by atoms with Crippen molar-refractivity contribution in [2.45, 2.75) is 19.8 Å². The van der Waals surface area contributed by atoms with Crippen molar-refractivity contribution in [1.82, 2.24) is 4.98 Å². The van der Waals surface area contributed by atoms with Gasteiger partial charge in [0.05, 0.1) is 7.11 Å². The number of methoxy groups -OCH3 is 1. The average molecular weight is 243 g/mol. The van der Waals surface area contributed by atoms with Gasteiger partial charge in [0.1, 0.15) is 5.75 Å². The molecule has 1 heterocycles. The molecule has 0 N–H and O–H groups in total. The fraction of sp³-hybridized carbons (Fsp3) is 0.267. The van der Waals surface area contributed by atoms with Crippen LogP contribution in [0.1, 0.15) is 25.3 Å². The van der Waals surface area contributed by atoms with E-state index in [4.69, 9.17) is 9.47 Å². The smallest absolute Gasteiger partial charge is 0.257 e. The van der Waals surface area contributed by atoms with Crippen molar-refractivity contribution >= 4 is 0 Å². The Labute approximate surface area is 107 Å². The number of nitrogens with zero attached hydrogens (tertiary/aromatic N) is 1. The summed E-state index contributed by atoms with van der Waals surface area (Å²) in [6, 6.07) is 11.6. The second-order valence-electron chi connectivity index (χ2n) is 4.35. The standard InChI is InChI=1S/C15H17NO2/c1-11(2)12-9-14(15(17-3)16-10-12)18-13-7-5-4-6-8-13/h4-11H,1-3H3. The first kappa shape index (κ1) is 12.4. The highest BCUT2D eigenvalue weighted by Gasteiger charge is 2.10. The quantitative estimate of drug-likeness (QED) is 0.813. The highest BCUT2D eigenvalue weighted by Crippen LogP contribution is 2.31. The van der Waals surface area contributed by atoms with Crippen LogP contribution in [-0.4, -0.2) is 12.1 Å². The summed E-state index contributed by atoms with van der Waals surface area (Å²) < 4.78 is 11.0. The molecule has 0 atom stereocenters. The van der Waals surface area contributed by atoms with Gasteiger partial charge in [-0.1, -0.05) is 32.0 Å². The molecular weight excluding hydrogens is 226 g/mol. The summed E-state index contributed by atoms with van der Waals surface area (Å²) in [5.74, 6) is 2.33. The summed E-state index contributed by atoms with van der Waals surface area (Å²) >= 11 is 0. The van der Waals surface area contributed by atoms with Crippen LogP contribution in [0.4, 0.5) is 0 Å². The van der Waals surface area contributed by atoms with E-state index in [0.717, 1.165) is 11.3 Å². The molecule has 0 bridgehead atoms. The first-order valence-electron chi connectivity index (χ1n) is 5.97. The van der Waals surface area contributed by atoms with E-state index in [1.165, 1.54) is 0 Å². The van der Waals surface area contributed by atoms with E-state index in [-0.39, 0.29) is 0 Å². The molecule has 0 saturated carbocycles. The Morgan fingerprint density at radius 3 is 2.44 bits per heavy atom. The second-order valence-corrected chi connectivity index (χ2v) is 4.35. The average Bonchev–Trinajstić information content (AvgIpc) is 2.39. The minimum absolute atomic E-state index is 0.404. The Morgan fingerprint density at radius 2 is 1.83 bits per heavy atom. The van der Waals surface area contributed by atoms with Gasteiger partial charge in [-0.25, -0.2) is 4.98 Å². The van der Waals surface area contributed by atoms with Crippen LogP contribution < -0.4 is 9.47 Å². The zero-order valence-corrected chi connectivity index (χ0v) is 10.9. The van der Waals surface area contributed by atoms with E-state index in [0.29, 0.717) is 17.5 Å². The van der Waals surface area contributed by atoms with E-state index in [1.807, 2.05) is 42.6 Å². The molecular formula is C15H17NO2. The first-order chi connectivity index (χ1) is 8.70. The molecule has 18 heavy (non-hydrogen) atoms. The molecule has 3 nitrogen and oxygen atoms in total. The van der Waals surface area contributed by atoms with Crippen molar-refractivity contribution in [3.8, 4) is 17.4 Å². The number of pyridine rings is 1. The third-order valence-corrected chi connectivity index (χ3v) is 2.67. The highest BCUT2D eigenvalue weighted by molar-refractivity contribution is 5.40. The molecule has 0 radical (unpaired) electrons. The van der Waals surface area contributed by atoms with Crippen LogP contribution >= 0.6 is 0 Å². The SMILES string of the molecule is COc1ncc(C(C)C)cc1Oc1ccccc1. The van der Waals surface area contributed by atoms with Crippen molar-refractivity contribution in [3.63, 3.8) is 0 Å². The Kier molecular flexibility index (Phi) is 3.82. The van der Waals surface area contributed by atoms with Crippen LogP contribution in [-0.2, 0) is 0 Å². The third kappa shape index (κ3) is 2.80. The minimum atomic E-state index is 0.404. The molecule has 1 aromatic carbocycles. The lowest BCUT2D eigenvalue weighted by Gasteiger charge is -2.12. The molecule has 94 valence electrons. The minimum Gasteiger partial charge on any atom is -0.478 e. The molecule has 0 saturated heterocycles. The molecule has 0 aliphatic rings. The Balaban J connectivity index is 2.32. The van der Waals surface area contributed by atoms with Gasteiger partial charge in [-0.3, -0.25) is 0 Å². The van der Waals surface area contributed by atoms with Crippen LogP contribution in [0.5, 0.6) is 17.4 Å². The Hall–Kier alpha value is -2.03. The summed E-state index contributed by atoms with van der Waals surface area (Å²) in [6.45, 7) is 4.24. The molecule has 0 aliphatic heterocycles. The normalized spacial score (nSPS) is 10.4. The van der Waals surface area contributed by atoms with Gasteiger partial charge in [-0.05, 0) is 29.7 Å². The van der Waals surface area contributed by atoms with E-state index < -0.39 is 0 Å². The molecule has 0 aliphatic carbocycles. The molecule has 2 rings (SSSR count). The van der Waals surface area contributed by atoms with Gasteiger partial charge in [0.2, 0.25) is 0 Å². The van der Waals surface area contributed by atoms with Gasteiger partial charge < -0.3 is 9.47 Å². The summed E-state index contributed by atoms with van der Waals surface area (Å²) in [5.41, 5.74) is 1.13. The van der Waals surface area contributed by atoms with Gasteiger partial charge in [0, 0.05) is 6.20 Å². The van der Waals surface area contributed by atoms with E-state index in [1.54, 1.807) is 7.11 Å². The molecule has 0 unspecified atom stereocenters. The molecule has 0 spiro atoms. The molecule has 0 fully saturated rings. The maximum atomic E-state index is 5.80. The maximum absolute atomic E-state index is 5.80. The number of ether oxygens (including phenoxy) is 2. The maximum Gasteiger partial charge on any atom is 0.257 e. The van der Waals surface area contributed by atoms with E-state index in [9.17, 15) is 0 Å². The largest absolute Gasteiger partial charge is 0.478 e. The summed E-state index contributed by atoms with van der Waals surface area (Å²) in [4.78, 5) is 4.27. The number of hydrogen-bond donors (Lipinski definition) is 0. The molecule has 2 aromatic rings. The number of rotatable bonds is 4. The summed E-state index contributed by atoms with van der Waals surface area (Å²) in [5, 5.41) is 0. The van der Waals surface area contributed by atoms with Crippen molar-refractivity contribution in [3.05, 3.63) is 48.2 Å². The van der Waals surface area contributed by atoms with Crippen molar-refractivity contribution < 1.29 is 9.47 Å². The third-order valence-electron chi connectivity index (χ3n) is 2.67. The number of aromatic nitrogens is 1. The van der Waals surface area contributed by atoms with Crippen LogP contribution in [0.3, 0.4) is 0 Å². The predicted octanol–water partition coefficient (Wildman–Crippen LogP) is 4.01. The number of hydrogen-bond acceptors (Lipinski definition) is 3. The van der Waals surface area contributed by atoms with Gasteiger partial charge in [-0.15, -0.1) is 0 Å². The second kappa shape index (κ2) is 5.54.